The molecule has 0 saturated heterocycles. The van der Waals surface area contributed by atoms with Gasteiger partial charge in [-0.1, -0.05) is 0 Å². The van der Waals surface area contributed by atoms with Crippen molar-refractivity contribution in [3.05, 3.63) is 0 Å². The van der Waals surface area contributed by atoms with Crippen LogP contribution in [0.5, 0.6) is 0 Å². The van der Waals surface area contributed by atoms with Crippen molar-refractivity contribution in [3.8, 4) is 0 Å². The molecule has 0 aliphatic heterocycles. The van der Waals surface area contributed by atoms with Crippen LogP contribution in [0.25, 0.3) is 0 Å². The van der Waals surface area contributed by atoms with Gasteiger partial charge in [-0.05, 0) is 0 Å². The molecule has 0 unspecified atom stereocenters. The third-order valence-electron chi connectivity index (χ3n) is 0. The van der Waals surface area contributed by atoms with Crippen molar-refractivity contribution in [3.63, 3.8) is 0 Å². The molecule has 0 spiro atoms. The summed E-state index contributed by atoms with van der Waals surface area (Å²) in [7, 11) is 0.611. The largest absolute Gasteiger partial charge is 0.396 e. The van der Waals surface area contributed by atoms with Crippen LogP contribution in [-0.2, 0) is 43.2 Å². The van der Waals surface area contributed by atoms with E-state index in [1.54, 1.807) is 0 Å². The molecule has 0 amide bonds. The molecule has 0 saturated carbocycles. The van der Waals surface area contributed by atoms with Crippen LogP contribution in [0.1, 0.15) is 0 Å². The second kappa shape index (κ2) is 41.6. The van der Waals surface area contributed by atoms with Crippen molar-refractivity contribution in [1.82, 2.24) is 0 Å². The molecule has 0 radical (unpaired) electrons. The maximum atomic E-state index is 8.28. The second-order valence-electron chi connectivity index (χ2n) is 0. The minimum Gasteiger partial charge on any atom is -0.396 e. The fourth-order valence-corrected chi connectivity index (χ4v) is 0. The molecule has 5 heteroatoms. The van der Waals surface area contributed by atoms with Gasteiger partial charge in [-0.25, -0.2) is 0 Å². The summed E-state index contributed by atoms with van der Waals surface area (Å²) in [5.74, 6) is 0. The maximum absolute atomic E-state index is 8.28. The van der Waals surface area contributed by atoms with E-state index in [4.69, 9.17) is 4.46 Å². The molecule has 0 aromatic rings. The van der Waals surface area contributed by atoms with Crippen LogP contribution in [0.2, 0.25) is 0 Å². The topological polar surface area (TPSA) is 17.1 Å². The molecule has 0 bridgehead atoms. The number of hydrogen-bond acceptors (Lipinski definition) is 1. The van der Waals surface area contributed by atoms with Gasteiger partial charge in [0.1, 0.15) is 0 Å². The fraction of sp³-hybridized carbons (Fsp3) is 0. The summed E-state index contributed by atoms with van der Waals surface area (Å²) < 4.78 is 8.28. The van der Waals surface area contributed by atoms with Gasteiger partial charge >= 0.3 is 0 Å². The van der Waals surface area contributed by atoms with Crippen LogP contribution in [0.15, 0.2) is 0 Å². The zero-order chi connectivity index (χ0) is 2.00. The van der Waals surface area contributed by atoms with E-state index in [1.807, 2.05) is 0 Å². The predicted molar refractivity (Wildman–Crippen MR) is 19.2 cm³/mol. The summed E-state index contributed by atoms with van der Waals surface area (Å²) in [6, 6.07) is 0. The van der Waals surface area contributed by atoms with Gasteiger partial charge in [-0.15, -0.1) is 0 Å². The van der Waals surface area contributed by atoms with Gasteiger partial charge in [0.25, 0.3) is 0 Å². The van der Waals surface area contributed by atoms with Crippen molar-refractivity contribution < 1.29 is 43.2 Å². The zero-order valence-corrected chi connectivity index (χ0v) is 6.05. The SMILES string of the molecule is O=[SiH2].[AlH3].[Fe].[Ti]. The van der Waals surface area contributed by atoms with E-state index in [2.05, 4.69) is 0 Å². The number of rotatable bonds is 0. The first kappa shape index (κ1) is 29.3. The molecule has 0 rings (SSSR count). The van der Waals surface area contributed by atoms with Crippen LogP contribution in [0.4, 0.5) is 0 Å². The van der Waals surface area contributed by atoms with Gasteiger partial charge in [0.15, 0.2) is 17.4 Å². The van der Waals surface area contributed by atoms with Crippen molar-refractivity contribution in [2.45, 2.75) is 0 Å². The van der Waals surface area contributed by atoms with Gasteiger partial charge in [-0.2, -0.15) is 0 Å². The normalized spacial score (nSPS) is 0.800. The van der Waals surface area contributed by atoms with Crippen LogP contribution in [0, 0.1) is 0 Å². The molecular formula is H5AlFeOSiTi. The Balaban J connectivity index is -0.00000000167. The maximum Gasteiger partial charge on any atom is 0.245 e. The van der Waals surface area contributed by atoms with Crippen LogP contribution in [-0.4, -0.2) is 27.5 Å². The molecule has 0 N–H and O–H groups in total. The van der Waals surface area contributed by atoms with Gasteiger partial charge in [-0.3, -0.25) is 0 Å². The number of hydrogen-bond donors (Lipinski definition) is 0. The monoisotopic (exact) mass is 180 g/mol. The first-order chi connectivity index (χ1) is 1.00. The summed E-state index contributed by atoms with van der Waals surface area (Å²) in [5.41, 5.74) is 0. The molecule has 0 heterocycles. The van der Waals surface area contributed by atoms with E-state index < -0.39 is 0 Å². The van der Waals surface area contributed by atoms with Gasteiger partial charge in [0, 0.05) is 38.8 Å². The van der Waals surface area contributed by atoms with E-state index in [9.17, 15) is 0 Å². The van der Waals surface area contributed by atoms with Gasteiger partial charge < -0.3 is 4.46 Å². The Morgan fingerprint density at radius 1 is 1.20 bits per heavy atom. The molecule has 0 fully saturated rings. The van der Waals surface area contributed by atoms with Gasteiger partial charge in [0.05, 0.1) is 0 Å². The Labute approximate surface area is 70.2 Å². The van der Waals surface area contributed by atoms with Crippen LogP contribution in [0.3, 0.4) is 0 Å². The average Bonchev–Trinajstić information content (AvgIpc) is 1.00. The van der Waals surface area contributed by atoms with Crippen molar-refractivity contribution in [2.24, 2.45) is 0 Å². The molecule has 0 aromatic carbocycles. The Hall–Kier alpha value is 1.78. The van der Waals surface area contributed by atoms with E-state index in [-0.39, 0.29) is 56.1 Å². The molecule has 0 atom stereocenters. The Morgan fingerprint density at radius 2 is 1.20 bits per heavy atom. The van der Waals surface area contributed by atoms with Crippen molar-refractivity contribution in [1.29, 1.82) is 0 Å². The Bertz CT molecular complexity index is 11.6. The van der Waals surface area contributed by atoms with Crippen LogP contribution >= 0.6 is 0 Å². The van der Waals surface area contributed by atoms with E-state index in [1.165, 1.54) is 0 Å². The smallest absolute Gasteiger partial charge is 0.245 e. The summed E-state index contributed by atoms with van der Waals surface area (Å²) in [4.78, 5) is 0. The average molecular weight is 180 g/mol. The quantitative estimate of drug-likeness (QED) is 0.385. The molecule has 0 aliphatic rings. The first-order valence-corrected chi connectivity index (χ1v) is 0.866. The molecule has 5 heavy (non-hydrogen) atoms. The third kappa shape index (κ3) is 26.0. The second-order valence-corrected chi connectivity index (χ2v) is 0. The van der Waals surface area contributed by atoms with Crippen molar-refractivity contribution in [2.75, 3.05) is 0 Å². The summed E-state index contributed by atoms with van der Waals surface area (Å²) in [6.45, 7) is 0. The van der Waals surface area contributed by atoms with Gasteiger partial charge in [0.2, 0.25) is 10.1 Å². The molecular weight excluding hydrogens is 175 g/mol. The first-order valence-electron chi connectivity index (χ1n) is 0.289. The minimum atomic E-state index is 0. The summed E-state index contributed by atoms with van der Waals surface area (Å²) in [6.07, 6.45) is 0. The van der Waals surface area contributed by atoms with E-state index in [0.29, 0.717) is 10.1 Å². The predicted octanol–water partition coefficient (Wildman–Crippen LogP) is -2.22. The zero-order valence-electron chi connectivity index (χ0n) is 1.97. The minimum absolute atomic E-state index is 0. The van der Waals surface area contributed by atoms with E-state index >= 15 is 0 Å². The summed E-state index contributed by atoms with van der Waals surface area (Å²) in [5, 5.41) is 0. The Kier molecular flexibility index (Phi) is 244. The molecule has 0 aliphatic carbocycles. The molecule has 0 aromatic heterocycles. The van der Waals surface area contributed by atoms with E-state index in [0.717, 1.165) is 0 Å². The van der Waals surface area contributed by atoms with Crippen molar-refractivity contribution >= 4 is 27.5 Å². The molecule has 30 valence electrons. The fourth-order valence-electron chi connectivity index (χ4n) is 0. The standard InChI is InChI=1S/Al.Fe.H2OSi.Ti.3H/c;;1-2;;;;/h;;2H2;;;;. The Morgan fingerprint density at radius 3 is 1.20 bits per heavy atom. The summed E-state index contributed by atoms with van der Waals surface area (Å²) >= 11 is 0. The van der Waals surface area contributed by atoms with Crippen LogP contribution < -0.4 is 0 Å². The molecule has 1 nitrogen and oxygen atoms in total. The third-order valence-corrected chi connectivity index (χ3v) is 0.